The summed E-state index contributed by atoms with van der Waals surface area (Å²) in [5.74, 6) is 2.17. The Bertz CT molecular complexity index is 833. The molecule has 1 atom stereocenters. The summed E-state index contributed by atoms with van der Waals surface area (Å²) in [4.78, 5) is 15.2. The predicted molar refractivity (Wildman–Crippen MR) is 90.2 cm³/mol. The third-order valence-electron chi connectivity index (χ3n) is 5.38. The third kappa shape index (κ3) is 2.18. The number of nitrogens with one attached hydrogen (secondary N) is 1. The fourth-order valence-corrected chi connectivity index (χ4v) is 4.18. The highest BCUT2D eigenvalue weighted by Gasteiger charge is 2.27. The van der Waals surface area contributed by atoms with Gasteiger partial charge in [0.15, 0.2) is 0 Å². The average molecular weight is 307 g/mol. The largest absolute Gasteiger partial charge is 0.345 e. The van der Waals surface area contributed by atoms with Crippen molar-refractivity contribution < 1.29 is 0 Å². The van der Waals surface area contributed by atoms with Gasteiger partial charge in [-0.05, 0) is 37.6 Å². The Balaban J connectivity index is 1.56. The highest BCUT2D eigenvalue weighted by atomic mass is 15.2. The van der Waals surface area contributed by atoms with Gasteiger partial charge in [-0.3, -0.25) is 4.90 Å². The molecule has 1 saturated heterocycles. The third-order valence-corrected chi connectivity index (χ3v) is 5.38. The van der Waals surface area contributed by atoms with Crippen LogP contribution in [0.25, 0.3) is 22.4 Å². The maximum atomic E-state index is 4.97. The van der Waals surface area contributed by atoms with E-state index in [0.717, 1.165) is 36.4 Å². The zero-order valence-corrected chi connectivity index (χ0v) is 13.2. The van der Waals surface area contributed by atoms with E-state index in [-0.39, 0.29) is 0 Å². The molecule has 5 nitrogen and oxygen atoms in total. The van der Waals surface area contributed by atoms with Gasteiger partial charge < -0.3 is 9.55 Å². The van der Waals surface area contributed by atoms with Gasteiger partial charge in [0, 0.05) is 43.5 Å². The summed E-state index contributed by atoms with van der Waals surface area (Å²) in [5, 5.41) is 0. The van der Waals surface area contributed by atoms with Crippen molar-refractivity contribution in [2.45, 2.75) is 38.3 Å². The number of hydrogen-bond acceptors (Lipinski definition) is 3. The topological polar surface area (TPSA) is 49.7 Å². The van der Waals surface area contributed by atoms with Gasteiger partial charge in [-0.2, -0.15) is 0 Å². The fourth-order valence-electron chi connectivity index (χ4n) is 4.18. The summed E-state index contributed by atoms with van der Waals surface area (Å²) in [6.45, 7) is 3.47. The van der Waals surface area contributed by atoms with Crippen LogP contribution in [0.3, 0.4) is 0 Å². The number of rotatable bonds is 1. The van der Waals surface area contributed by atoms with E-state index in [4.69, 9.17) is 4.98 Å². The molecule has 118 valence electrons. The van der Waals surface area contributed by atoms with Gasteiger partial charge in [0.1, 0.15) is 11.6 Å². The molecular weight excluding hydrogens is 286 g/mol. The van der Waals surface area contributed by atoms with Crippen molar-refractivity contribution in [3.63, 3.8) is 0 Å². The highest BCUT2D eigenvalue weighted by Crippen LogP contribution is 2.28. The van der Waals surface area contributed by atoms with E-state index in [1.165, 1.54) is 37.1 Å². The Morgan fingerprint density at radius 2 is 2.13 bits per heavy atom. The van der Waals surface area contributed by atoms with Crippen molar-refractivity contribution in [1.29, 1.82) is 0 Å². The van der Waals surface area contributed by atoms with Gasteiger partial charge >= 0.3 is 0 Å². The number of nitrogens with zero attached hydrogens (tertiary/aromatic N) is 4. The van der Waals surface area contributed by atoms with Gasteiger partial charge in [-0.15, -0.1) is 0 Å². The monoisotopic (exact) mass is 307 g/mol. The number of fused-ring (bicyclic) bond motifs is 4. The minimum absolute atomic E-state index is 0.686. The quantitative estimate of drug-likeness (QED) is 0.752. The molecule has 5 rings (SSSR count). The summed E-state index contributed by atoms with van der Waals surface area (Å²) >= 11 is 0. The van der Waals surface area contributed by atoms with Crippen molar-refractivity contribution in [2.75, 3.05) is 13.1 Å². The molecule has 1 unspecified atom stereocenters. The van der Waals surface area contributed by atoms with Crippen LogP contribution in [-0.2, 0) is 13.0 Å². The van der Waals surface area contributed by atoms with E-state index in [9.17, 15) is 0 Å². The van der Waals surface area contributed by atoms with Crippen LogP contribution >= 0.6 is 0 Å². The zero-order chi connectivity index (χ0) is 15.2. The van der Waals surface area contributed by atoms with Crippen LogP contribution in [0.2, 0.25) is 0 Å². The van der Waals surface area contributed by atoms with Crippen LogP contribution in [0, 0.1) is 0 Å². The van der Waals surface area contributed by atoms with Gasteiger partial charge in [0.2, 0.25) is 0 Å². The molecule has 4 heterocycles. The molecule has 0 aliphatic carbocycles. The average Bonchev–Trinajstić information content (AvgIpc) is 3.18. The minimum Gasteiger partial charge on any atom is -0.345 e. The second kappa shape index (κ2) is 5.20. The second-order valence-electron chi connectivity index (χ2n) is 6.71. The van der Waals surface area contributed by atoms with Gasteiger partial charge in [0.05, 0.1) is 11.0 Å². The fraction of sp³-hybridized carbons (Fsp3) is 0.444. The SMILES string of the molecule is c1c[nH]c(-c2ccc3c(c2)nc2n3CCN3CCCCC3C2)n1. The normalized spacial score (nSPS) is 21.8. The van der Waals surface area contributed by atoms with Crippen LogP contribution in [0.15, 0.2) is 30.6 Å². The standard InChI is InChI=1S/C18H21N5/c1-2-8-22-9-10-23-16-5-4-13(18-19-6-7-20-18)11-15(16)21-17(23)12-14(22)3-1/h4-7,11,14H,1-3,8-10,12H2,(H,19,20). The molecule has 0 saturated carbocycles. The molecule has 0 radical (unpaired) electrons. The van der Waals surface area contributed by atoms with Gasteiger partial charge in [-0.1, -0.05) is 6.42 Å². The lowest BCUT2D eigenvalue weighted by Crippen LogP contribution is -2.40. The first-order valence-corrected chi connectivity index (χ1v) is 8.61. The summed E-state index contributed by atoms with van der Waals surface area (Å²) < 4.78 is 2.43. The lowest BCUT2D eigenvalue weighted by atomic mass is 10.00. The van der Waals surface area contributed by atoms with Crippen molar-refractivity contribution in [3.05, 3.63) is 36.4 Å². The summed E-state index contributed by atoms with van der Waals surface area (Å²) in [6.07, 6.45) is 8.78. The van der Waals surface area contributed by atoms with Crippen LogP contribution in [-0.4, -0.2) is 43.6 Å². The molecule has 0 bridgehead atoms. The lowest BCUT2D eigenvalue weighted by molar-refractivity contribution is 0.152. The van der Waals surface area contributed by atoms with E-state index in [1.54, 1.807) is 6.20 Å². The van der Waals surface area contributed by atoms with Crippen LogP contribution in [0.4, 0.5) is 0 Å². The smallest absolute Gasteiger partial charge is 0.137 e. The van der Waals surface area contributed by atoms with Crippen LogP contribution in [0.5, 0.6) is 0 Å². The number of H-pyrrole nitrogens is 1. The molecular formula is C18H21N5. The maximum Gasteiger partial charge on any atom is 0.137 e. The first kappa shape index (κ1) is 13.3. The molecule has 1 N–H and O–H groups in total. The minimum atomic E-state index is 0.686. The number of piperidine rings is 1. The van der Waals surface area contributed by atoms with Crippen molar-refractivity contribution in [1.82, 2.24) is 24.4 Å². The van der Waals surface area contributed by atoms with Gasteiger partial charge in [0.25, 0.3) is 0 Å². The first-order valence-electron chi connectivity index (χ1n) is 8.61. The summed E-state index contributed by atoms with van der Waals surface area (Å²) in [6, 6.07) is 7.20. The number of benzene rings is 1. The molecule has 2 aromatic heterocycles. The molecule has 23 heavy (non-hydrogen) atoms. The number of aromatic nitrogens is 4. The molecule has 3 aromatic rings. The molecule has 5 heteroatoms. The Kier molecular flexibility index (Phi) is 3.01. The second-order valence-corrected chi connectivity index (χ2v) is 6.71. The lowest BCUT2D eigenvalue weighted by Gasteiger charge is -2.33. The number of imidazole rings is 2. The molecule has 0 amide bonds. The Morgan fingerprint density at radius 3 is 3.04 bits per heavy atom. The van der Waals surface area contributed by atoms with Crippen LogP contribution < -0.4 is 0 Å². The number of aromatic amines is 1. The van der Waals surface area contributed by atoms with Crippen LogP contribution in [0.1, 0.15) is 25.1 Å². The van der Waals surface area contributed by atoms with E-state index < -0.39 is 0 Å². The van der Waals surface area contributed by atoms with E-state index in [0.29, 0.717) is 6.04 Å². The highest BCUT2D eigenvalue weighted by molar-refractivity contribution is 5.81. The Morgan fingerprint density at radius 1 is 1.13 bits per heavy atom. The summed E-state index contributed by atoms with van der Waals surface area (Å²) in [7, 11) is 0. The predicted octanol–water partition coefficient (Wildman–Crippen LogP) is 2.84. The van der Waals surface area contributed by atoms with Crippen molar-refractivity contribution in [2.24, 2.45) is 0 Å². The van der Waals surface area contributed by atoms with Crippen molar-refractivity contribution >= 4 is 11.0 Å². The molecule has 1 fully saturated rings. The molecule has 2 aliphatic heterocycles. The maximum absolute atomic E-state index is 4.97. The Hall–Kier alpha value is -2.14. The van der Waals surface area contributed by atoms with E-state index in [1.807, 2.05) is 6.20 Å². The van der Waals surface area contributed by atoms with Gasteiger partial charge in [-0.25, -0.2) is 9.97 Å². The molecule has 0 spiro atoms. The summed E-state index contributed by atoms with van der Waals surface area (Å²) in [5.41, 5.74) is 3.46. The zero-order valence-electron chi connectivity index (χ0n) is 13.2. The Labute approximate surface area is 135 Å². The van der Waals surface area contributed by atoms with E-state index in [2.05, 4.69) is 37.6 Å². The van der Waals surface area contributed by atoms with E-state index >= 15 is 0 Å². The molecule has 2 aliphatic rings. The number of hydrogen-bond donors (Lipinski definition) is 1. The first-order chi connectivity index (χ1) is 11.4. The van der Waals surface area contributed by atoms with Crippen molar-refractivity contribution in [3.8, 4) is 11.4 Å². The molecule has 1 aromatic carbocycles.